The molecule has 0 aromatic carbocycles. The maximum atomic E-state index is 8.17. The average molecular weight is 98.1 g/mol. The van der Waals surface area contributed by atoms with E-state index in [1.165, 1.54) is 0 Å². The minimum atomic E-state index is 0.580. The second-order valence-corrected chi connectivity index (χ2v) is 1.29. The lowest BCUT2D eigenvalue weighted by Crippen LogP contribution is -2.06. The van der Waals surface area contributed by atoms with Crippen LogP contribution in [0, 0.1) is 0 Å². The first-order valence-electron chi connectivity index (χ1n) is 2.02. The van der Waals surface area contributed by atoms with Gasteiger partial charge in [0.25, 0.3) is 0 Å². The topological polar surface area (TPSA) is 44.6 Å². The Balaban J connectivity index is 2.45. The second kappa shape index (κ2) is 1.75. The van der Waals surface area contributed by atoms with Crippen LogP contribution >= 0.6 is 0 Å². The number of aliphatic imine (C=N–C) groups is 1. The van der Waals surface area contributed by atoms with Crippen LogP contribution in [0.2, 0.25) is 0 Å². The van der Waals surface area contributed by atoms with Crippen molar-refractivity contribution in [1.82, 2.24) is 5.48 Å². The van der Waals surface area contributed by atoms with Crippen molar-refractivity contribution in [2.24, 2.45) is 4.99 Å². The van der Waals surface area contributed by atoms with E-state index in [9.17, 15) is 0 Å². The first kappa shape index (κ1) is 4.33. The fourth-order valence-electron chi connectivity index (χ4n) is 0.419. The Kier molecular flexibility index (Phi) is 1.08. The zero-order valence-corrected chi connectivity index (χ0v) is 3.76. The summed E-state index contributed by atoms with van der Waals surface area (Å²) in [6.07, 6.45) is 3.37. The summed E-state index contributed by atoms with van der Waals surface area (Å²) in [7, 11) is 0. The quantitative estimate of drug-likeness (QED) is 0.451. The van der Waals surface area contributed by atoms with Gasteiger partial charge in [-0.3, -0.25) is 15.7 Å². The predicted molar refractivity (Wildman–Crippen MR) is 26.4 cm³/mol. The summed E-state index contributed by atoms with van der Waals surface area (Å²) in [5.74, 6) is 0. The standard InChI is InChI=1S/C4H6N2O/c7-6-4-1-2-5-3-4/h1-2,6-7H,3H2. The number of nitrogens with one attached hydrogen (secondary N) is 1. The molecule has 38 valence electrons. The Hall–Kier alpha value is -0.830. The molecular formula is C4H6N2O. The molecule has 0 atom stereocenters. The van der Waals surface area contributed by atoms with Gasteiger partial charge < -0.3 is 0 Å². The molecule has 0 saturated heterocycles. The highest BCUT2D eigenvalue weighted by Crippen LogP contribution is 1.92. The van der Waals surface area contributed by atoms with Crippen LogP contribution in [0.1, 0.15) is 0 Å². The minimum Gasteiger partial charge on any atom is -0.291 e. The van der Waals surface area contributed by atoms with Crippen LogP contribution in [0.5, 0.6) is 0 Å². The molecule has 1 rings (SSSR count). The molecule has 1 heterocycles. The summed E-state index contributed by atoms with van der Waals surface area (Å²) >= 11 is 0. The van der Waals surface area contributed by atoms with Gasteiger partial charge in [0.15, 0.2) is 0 Å². The molecule has 0 amide bonds. The van der Waals surface area contributed by atoms with Gasteiger partial charge in [-0.25, -0.2) is 0 Å². The Morgan fingerprint density at radius 3 is 3.00 bits per heavy atom. The zero-order valence-electron chi connectivity index (χ0n) is 3.76. The Morgan fingerprint density at radius 2 is 2.71 bits per heavy atom. The molecule has 2 N–H and O–H groups in total. The fourth-order valence-corrected chi connectivity index (χ4v) is 0.419. The smallest absolute Gasteiger partial charge is 0.0810 e. The van der Waals surface area contributed by atoms with Gasteiger partial charge in [0.2, 0.25) is 0 Å². The summed E-state index contributed by atoms with van der Waals surface area (Å²) in [6.45, 7) is 0.580. The number of hydrogen-bond donors (Lipinski definition) is 2. The Morgan fingerprint density at radius 1 is 1.86 bits per heavy atom. The zero-order chi connectivity index (χ0) is 5.11. The molecule has 7 heavy (non-hydrogen) atoms. The van der Waals surface area contributed by atoms with Gasteiger partial charge in [-0.1, -0.05) is 0 Å². The molecule has 0 spiro atoms. The van der Waals surface area contributed by atoms with E-state index in [-0.39, 0.29) is 0 Å². The SMILES string of the molecule is ONC1=CC=NC1. The van der Waals surface area contributed by atoms with E-state index in [1.807, 2.05) is 5.48 Å². The third kappa shape index (κ3) is 0.778. The summed E-state index contributed by atoms with van der Waals surface area (Å²) < 4.78 is 0. The van der Waals surface area contributed by atoms with Gasteiger partial charge in [0.1, 0.15) is 0 Å². The lowest BCUT2D eigenvalue weighted by Gasteiger charge is -1.91. The Bertz CT molecular complexity index is 117. The lowest BCUT2D eigenvalue weighted by atomic mass is 10.5. The summed E-state index contributed by atoms with van der Waals surface area (Å²) in [6, 6.07) is 0. The van der Waals surface area contributed by atoms with Crippen LogP contribution < -0.4 is 5.48 Å². The monoisotopic (exact) mass is 98.0 g/mol. The van der Waals surface area contributed by atoms with Crippen LogP contribution in [0.15, 0.2) is 16.8 Å². The maximum Gasteiger partial charge on any atom is 0.0810 e. The van der Waals surface area contributed by atoms with Crippen LogP contribution in [0.4, 0.5) is 0 Å². The van der Waals surface area contributed by atoms with E-state index in [0.717, 1.165) is 5.70 Å². The first-order chi connectivity index (χ1) is 3.43. The molecule has 0 radical (unpaired) electrons. The van der Waals surface area contributed by atoms with E-state index in [4.69, 9.17) is 5.21 Å². The normalized spacial score (nSPS) is 17.0. The van der Waals surface area contributed by atoms with Crippen LogP contribution in [0.25, 0.3) is 0 Å². The fraction of sp³-hybridized carbons (Fsp3) is 0.250. The number of hydroxylamine groups is 1. The van der Waals surface area contributed by atoms with E-state index in [0.29, 0.717) is 6.54 Å². The Labute approximate surface area is 41.3 Å². The van der Waals surface area contributed by atoms with Crippen LogP contribution in [-0.2, 0) is 0 Å². The van der Waals surface area contributed by atoms with Gasteiger partial charge >= 0.3 is 0 Å². The molecular weight excluding hydrogens is 92.1 g/mol. The van der Waals surface area contributed by atoms with Crippen molar-refractivity contribution in [3.63, 3.8) is 0 Å². The van der Waals surface area contributed by atoms with Crippen molar-refractivity contribution in [3.8, 4) is 0 Å². The van der Waals surface area contributed by atoms with Crippen molar-refractivity contribution >= 4 is 6.21 Å². The number of hydrogen-bond acceptors (Lipinski definition) is 3. The van der Waals surface area contributed by atoms with Crippen LogP contribution in [-0.4, -0.2) is 18.0 Å². The van der Waals surface area contributed by atoms with E-state index >= 15 is 0 Å². The third-order valence-electron chi connectivity index (χ3n) is 0.786. The minimum absolute atomic E-state index is 0.580. The van der Waals surface area contributed by atoms with Crippen LogP contribution in [0.3, 0.4) is 0 Å². The lowest BCUT2D eigenvalue weighted by molar-refractivity contribution is 0.200. The summed E-state index contributed by atoms with van der Waals surface area (Å²) in [5.41, 5.74) is 2.75. The molecule has 1 aliphatic rings. The maximum absolute atomic E-state index is 8.17. The molecule has 0 aromatic heterocycles. The van der Waals surface area contributed by atoms with Crippen molar-refractivity contribution in [2.75, 3.05) is 6.54 Å². The molecule has 0 bridgehead atoms. The van der Waals surface area contributed by atoms with Crippen molar-refractivity contribution in [1.29, 1.82) is 0 Å². The number of rotatable bonds is 1. The third-order valence-corrected chi connectivity index (χ3v) is 0.786. The molecule has 3 heteroatoms. The molecule has 0 aromatic rings. The molecule has 0 aliphatic carbocycles. The van der Waals surface area contributed by atoms with Gasteiger partial charge in [-0.05, 0) is 6.08 Å². The first-order valence-corrected chi connectivity index (χ1v) is 2.02. The number of nitrogens with zero attached hydrogens (tertiary/aromatic N) is 1. The van der Waals surface area contributed by atoms with Gasteiger partial charge in [-0.2, -0.15) is 0 Å². The highest BCUT2D eigenvalue weighted by molar-refractivity contribution is 5.74. The van der Waals surface area contributed by atoms with Crippen molar-refractivity contribution < 1.29 is 5.21 Å². The van der Waals surface area contributed by atoms with E-state index < -0.39 is 0 Å². The highest BCUT2D eigenvalue weighted by atomic mass is 16.5. The van der Waals surface area contributed by atoms with E-state index in [2.05, 4.69) is 4.99 Å². The van der Waals surface area contributed by atoms with Crippen molar-refractivity contribution in [2.45, 2.75) is 0 Å². The van der Waals surface area contributed by atoms with Crippen molar-refractivity contribution in [3.05, 3.63) is 11.8 Å². The molecule has 3 nitrogen and oxygen atoms in total. The largest absolute Gasteiger partial charge is 0.291 e. The van der Waals surface area contributed by atoms with Gasteiger partial charge in [0.05, 0.1) is 12.2 Å². The van der Waals surface area contributed by atoms with Gasteiger partial charge in [-0.15, -0.1) is 0 Å². The molecule has 0 fully saturated rings. The number of allylic oxidation sites excluding steroid dienone is 1. The average Bonchev–Trinajstić information content (AvgIpc) is 2.14. The summed E-state index contributed by atoms with van der Waals surface area (Å²) in [5, 5.41) is 8.17. The molecule has 1 aliphatic heterocycles. The molecule has 0 saturated carbocycles. The molecule has 0 unspecified atom stereocenters. The van der Waals surface area contributed by atoms with Gasteiger partial charge in [0, 0.05) is 6.21 Å². The van der Waals surface area contributed by atoms with E-state index in [1.54, 1.807) is 12.3 Å². The second-order valence-electron chi connectivity index (χ2n) is 1.29. The predicted octanol–water partition coefficient (Wildman–Crippen LogP) is -0.0665. The summed E-state index contributed by atoms with van der Waals surface area (Å²) in [4.78, 5) is 3.80. The highest BCUT2D eigenvalue weighted by Gasteiger charge is 1.93.